The number of nitrogens with one attached hydrogen (secondary N) is 2. The molecule has 2 aromatic heterocycles. The van der Waals surface area contributed by atoms with Gasteiger partial charge in [0.25, 0.3) is 0 Å². The van der Waals surface area contributed by atoms with Gasteiger partial charge in [0.2, 0.25) is 0 Å². The second kappa shape index (κ2) is 9.32. The average molecular weight is 407 g/mol. The third kappa shape index (κ3) is 5.07. The van der Waals surface area contributed by atoms with Gasteiger partial charge in [-0.15, -0.1) is 11.3 Å². The Morgan fingerprint density at radius 1 is 1.41 bits per heavy atom. The third-order valence-corrected chi connectivity index (χ3v) is 5.94. The summed E-state index contributed by atoms with van der Waals surface area (Å²) in [5.41, 5.74) is 2.98. The first-order valence-electron chi connectivity index (χ1n) is 9.44. The highest BCUT2D eigenvalue weighted by Gasteiger charge is 2.26. The van der Waals surface area contributed by atoms with Gasteiger partial charge in [0.15, 0.2) is 5.11 Å². The number of carbonyl (C=O) groups excluding carboxylic acids is 1. The van der Waals surface area contributed by atoms with Gasteiger partial charge in [-0.2, -0.15) is 5.10 Å². The average Bonchev–Trinajstić information content (AvgIpc) is 3.21. The molecule has 0 aromatic carbocycles. The fraction of sp³-hybridized carbons (Fsp3) is 0.526. The second-order valence-corrected chi connectivity index (χ2v) is 8.16. The van der Waals surface area contributed by atoms with Gasteiger partial charge in [-0.1, -0.05) is 0 Å². The number of aromatic nitrogens is 2. The molecule has 8 heteroatoms. The molecule has 0 radical (unpaired) electrons. The fourth-order valence-electron chi connectivity index (χ4n) is 3.25. The molecule has 0 saturated heterocycles. The monoisotopic (exact) mass is 406 g/mol. The molecule has 2 N–H and O–H groups in total. The topological polar surface area (TPSA) is 68.2 Å². The lowest BCUT2D eigenvalue weighted by Gasteiger charge is -2.13. The van der Waals surface area contributed by atoms with Crippen molar-refractivity contribution in [1.82, 2.24) is 15.1 Å². The minimum absolute atomic E-state index is 0.253. The Bertz CT molecular complexity index is 813. The number of carbonyl (C=O) groups is 1. The Balaban J connectivity index is 1.58. The molecule has 1 aliphatic rings. The molecule has 0 amide bonds. The van der Waals surface area contributed by atoms with Crippen LogP contribution in [0.5, 0.6) is 0 Å². The first-order valence-corrected chi connectivity index (χ1v) is 10.7. The second-order valence-electron chi connectivity index (χ2n) is 6.65. The van der Waals surface area contributed by atoms with Gasteiger partial charge in [0.05, 0.1) is 18.4 Å². The van der Waals surface area contributed by atoms with Crippen LogP contribution in [0.3, 0.4) is 0 Å². The lowest BCUT2D eigenvalue weighted by molar-refractivity contribution is 0.0526. The summed E-state index contributed by atoms with van der Waals surface area (Å²) < 4.78 is 7.21. The molecule has 146 valence electrons. The molecule has 0 unspecified atom stereocenters. The molecule has 0 aliphatic heterocycles. The summed E-state index contributed by atoms with van der Waals surface area (Å²) >= 11 is 7.06. The lowest BCUT2D eigenvalue weighted by atomic mass is 9.95. The number of thiocarbonyl (C=S) groups is 1. The van der Waals surface area contributed by atoms with E-state index in [1.165, 1.54) is 11.3 Å². The molecule has 2 aromatic rings. The highest BCUT2D eigenvalue weighted by molar-refractivity contribution is 7.80. The van der Waals surface area contributed by atoms with Gasteiger partial charge in [-0.25, -0.2) is 4.79 Å². The van der Waals surface area contributed by atoms with Crippen molar-refractivity contribution in [1.29, 1.82) is 0 Å². The summed E-state index contributed by atoms with van der Waals surface area (Å²) in [6, 6.07) is 0. The predicted molar refractivity (Wildman–Crippen MR) is 113 cm³/mol. The van der Waals surface area contributed by atoms with E-state index in [1.807, 2.05) is 30.9 Å². The molecule has 0 fully saturated rings. The number of hydrogen-bond acceptors (Lipinski definition) is 5. The highest BCUT2D eigenvalue weighted by Crippen LogP contribution is 2.38. The van der Waals surface area contributed by atoms with Gasteiger partial charge in [0.1, 0.15) is 5.00 Å². The maximum absolute atomic E-state index is 12.5. The zero-order valence-electron chi connectivity index (χ0n) is 15.8. The van der Waals surface area contributed by atoms with E-state index in [0.29, 0.717) is 17.3 Å². The SMILES string of the molecule is CCOC(=O)c1c(NC(=S)NCCCn2cc(C)cn2)sc2c1CCCC2. The Morgan fingerprint density at radius 2 is 2.22 bits per heavy atom. The number of ether oxygens (including phenoxy) is 1. The minimum Gasteiger partial charge on any atom is -0.462 e. The quantitative estimate of drug-likeness (QED) is 0.415. The summed E-state index contributed by atoms with van der Waals surface area (Å²) in [7, 11) is 0. The number of hydrogen-bond donors (Lipinski definition) is 2. The summed E-state index contributed by atoms with van der Waals surface area (Å²) in [4.78, 5) is 13.8. The van der Waals surface area contributed by atoms with E-state index >= 15 is 0 Å². The number of fused-ring (bicyclic) bond motifs is 1. The molecule has 3 rings (SSSR count). The smallest absolute Gasteiger partial charge is 0.341 e. The molecule has 1 aliphatic carbocycles. The van der Waals surface area contributed by atoms with E-state index in [2.05, 4.69) is 15.7 Å². The van der Waals surface area contributed by atoms with Gasteiger partial charge >= 0.3 is 5.97 Å². The summed E-state index contributed by atoms with van der Waals surface area (Å²) in [6.07, 6.45) is 9.04. The summed E-state index contributed by atoms with van der Waals surface area (Å²) in [6.45, 7) is 5.81. The Hall–Kier alpha value is -1.93. The molecule has 0 bridgehead atoms. The van der Waals surface area contributed by atoms with Crippen LogP contribution in [-0.2, 0) is 24.1 Å². The van der Waals surface area contributed by atoms with Crippen LogP contribution in [0.15, 0.2) is 12.4 Å². The van der Waals surface area contributed by atoms with Crippen molar-refractivity contribution in [3.05, 3.63) is 34.0 Å². The van der Waals surface area contributed by atoms with Crippen LogP contribution < -0.4 is 10.6 Å². The lowest BCUT2D eigenvalue weighted by Crippen LogP contribution is -2.30. The maximum atomic E-state index is 12.5. The van der Waals surface area contributed by atoms with E-state index in [1.54, 1.807) is 11.3 Å². The van der Waals surface area contributed by atoms with Gasteiger partial charge in [0, 0.05) is 24.2 Å². The molecule has 2 heterocycles. The van der Waals surface area contributed by atoms with Crippen molar-refractivity contribution < 1.29 is 9.53 Å². The summed E-state index contributed by atoms with van der Waals surface area (Å²) in [5.74, 6) is -0.253. The van der Waals surface area contributed by atoms with E-state index in [9.17, 15) is 4.79 Å². The minimum atomic E-state index is -0.253. The molecule has 27 heavy (non-hydrogen) atoms. The van der Waals surface area contributed by atoms with Crippen LogP contribution >= 0.6 is 23.6 Å². The van der Waals surface area contributed by atoms with Crippen LogP contribution in [0.2, 0.25) is 0 Å². The Labute approximate surface area is 169 Å². The van der Waals surface area contributed by atoms with Crippen LogP contribution in [0.4, 0.5) is 5.00 Å². The third-order valence-electron chi connectivity index (χ3n) is 4.49. The first-order chi connectivity index (χ1) is 13.1. The van der Waals surface area contributed by atoms with Crippen LogP contribution in [0.25, 0.3) is 0 Å². The van der Waals surface area contributed by atoms with Crippen molar-refractivity contribution in [2.24, 2.45) is 0 Å². The fourth-order valence-corrected chi connectivity index (χ4v) is 4.80. The zero-order chi connectivity index (χ0) is 19.2. The number of thiophene rings is 1. The molecule has 0 atom stereocenters. The van der Waals surface area contributed by atoms with Crippen molar-refractivity contribution >= 4 is 39.6 Å². The standard InChI is InChI=1S/C19H26N4O2S2/c1-3-25-18(24)16-14-7-4-5-8-15(14)27-17(16)22-19(26)20-9-6-10-23-12-13(2)11-21-23/h11-12H,3-10H2,1-2H3,(H2,20,22,26). The van der Waals surface area contributed by atoms with E-state index in [0.717, 1.165) is 54.9 Å². The number of nitrogens with zero attached hydrogens (tertiary/aromatic N) is 2. The normalized spacial score (nSPS) is 13.1. The Morgan fingerprint density at radius 3 is 2.96 bits per heavy atom. The number of anilines is 1. The predicted octanol–water partition coefficient (Wildman–Crippen LogP) is 3.69. The number of esters is 1. The Kier molecular flexibility index (Phi) is 6.84. The van der Waals surface area contributed by atoms with E-state index in [-0.39, 0.29) is 5.97 Å². The summed E-state index contributed by atoms with van der Waals surface area (Å²) in [5, 5.41) is 12.1. The van der Waals surface area contributed by atoms with Crippen LogP contribution in [0.1, 0.15) is 52.5 Å². The molecule has 6 nitrogen and oxygen atoms in total. The zero-order valence-corrected chi connectivity index (χ0v) is 17.5. The number of aryl methyl sites for hydroxylation is 3. The van der Waals surface area contributed by atoms with Gasteiger partial charge in [-0.3, -0.25) is 4.68 Å². The molecule has 0 spiro atoms. The van der Waals surface area contributed by atoms with Crippen LogP contribution in [-0.4, -0.2) is 34.0 Å². The highest BCUT2D eigenvalue weighted by atomic mass is 32.1. The largest absolute Gasteiger partial charge is 0.462 e. The van der Waals surface area contributed by atoms with Gasteiger partial charge < -0.3 is 15.4 Å². The molecular formula is C19H26N4O2S2. The van der Waals surface area contributed by atoms with Crippen molar-refractivity contribution in [3.63, 3.8) is 0 Å². The molecule has 0 saturated carbocycles. The van der Waals surface area contributed by atoms with Crippen molar-refractivity contribution in [2.75, 3.05) is 18.5 Å². The van der Waals surface area contributed by atoms with Crippen LogP contribution in [0, 0.1) is 6.92 Å². The van der Waals surface area contributed by atoms with E-state index in [4.69, 9.17) is 17.0 Å². The number of rotatable bonds is 7. The first kappa shape index (κ1) is 19.8. The molecular weight excluding hydrogens is 380 g/mol. The van der Waals surface area contributed by atoms with Crippen molar-refractivity contribution in [2.45, 2.75) is 52.5 Å². The van der Waals surface area contributed by atoms with Crippen molar-refractivity contribution in [3.8, 4) is 0 Å². The van der Waals surface area contributed by atoms with Gasteiger partial charge in [-0.05, 0) is 69.3 Å². The van der Waals surface area contributed by atoms with E-state index < -0.39 is 0 Å². The maximum Gasteiger partial charge on any atom is 0.341 e.